The second-order valence-electron chi connectivity index (χ2n) is 6.31. The van der Waals surface area contributed by atoms with E-state index in [1.54, 1.807) is 0 Å². The summed E-state index contributed by atoms with van der Waals surface area (Å²) in [6.07, 6.45) is 5.03. The minimum Gasteiger partial charge on any atom is -0.480 e. The van der Waals surface area contributed by atoms with Crippen molar-refractivity contribution < 1.29 is 14.7 Å². The largest absolute Gasteiger partial charge is 0.480 e. The topological polar surface area (TPSA) is 66.4 Å². The van der Waals surface area contributed by atoms with Gasteiger partial charge in [-0.05, 0) is 43.4 Å². The van der Waals surface area contributed by atoms with E-state index >= 15 is 0 Å². The van der Waals surface area contributed by atoms with Crippen LogP contribution in [-0.4, -0.2) is 23.0 Å². The summed E-state index contributed by atoms with van der Waals surface area (Å²) in [5.74, 6) is 0.599. The Hall–Kier alpha value is -1.06. The summed E-state index contributed by atoms with van der Waals surface area (Å²) in [6.45, 7) is 3.94. The van der Waals surface area contributed by atoms with E-state index < -0.39 is 12.0 Å². The maximum Gasteiger partial charge on any atom is 0.326 e. The molecule has 0 heterocycles. The van der Waals surface area contributed by atoms with Crippen LogP contribution in [0.4, 0.5) is 0 Å². The first-order chi connectivity index (χ1) is 8.47. The highest BCUT2D eigenvalue weighted by Crippen LogP contribution is 2.48. The van der Waals surface area contributed by atoms with Crippen molar-refractivity contribution in [3.63, 3.8) is 0 Å². The molecule has 0 aromatic rings. The Morgan fingerprint density at radius 2 is 2.00 bits per heavy atom. The molecule has 0 aliphatic heterocycles. The van der Waals surface area contributed by atoms with E-state index in [0.717, 1.165) is 12.8 Å². The van der Waals surface area contributed by atoms with Crippen LogP contribution < -0.4 is 5.32 Å². The number of carbonyl (C=O) groups is 2. The number of hydrogen-bond donors (Lipinski definition) is 2. The number of nitrogens with one attached hydrogen (secondary N) is 1. The van der Waals surface area contributed by atoms with Gasteiger partial charge in [0.2, 0.25) is 5.91 Å². The number of carboxylic acids is 1. The summed E-state index contributed by atoms with van der Waals surface area (Å²) in [6, 6.07) is -0.725. The van der Waals surface area contributed by atoms with Gasteiger partial charge in [-0.15, -0.1) is 0 Å². The second-order valence-corrected chi connectivity index (χ2v) is 6.31. The molecule has 3 unspecified atom stereocenters. The molecule has 2 aliphatic rings. The monoisotopic (exact) mass is 253 g/mol. The summed E-state index contributed by atoms with van der Waals surface area (Å²) in [4.78, 5) is 23.3. The summed E-state index contributed by atoms with van der Waals surface area (Å²) in [7, 11) is 0. The van der Waals surface area contributed by atoms with Crippen LogP contribution in [0.3, 0.4) is 0 Å². The zero-order chi connectivity index (χ0) is 13.3. The van der Waals surface area contributed by atoms with E-state index in [-0.39, 0.29) is 17.7 Å². The van der Waals surface area contributed by atoms with Gasteiger partial charge >= 0.3 is 5.97 Å². The van der Waals surface area contributed by atoms with E-state index in [1.807, 2.05) is 13.8 Å². The Bertz CT molecular complexity index is 340. The van der Waals surface area contributed by atoms with Gasteiger partial charge in [0.25, 0.3) is 0 Å². The summed E-state index contributed by atoms with van der Waals surface area (Å²) in [5.41, 5.74) is 0. The molecular formula is C14H23NO3. The van der Waals surface area contributed by atoms with Crippen molar-refractivity contribution in [1.29, 1.82) is 0 Å². The third kappa shape index (κ3) is 2.85. The number of aliphatic carboxylic acids is 1. The van der Waals surface area contributed by atoms with Gasteiger partial charge in [0, 0.05) is 5.92 Å². The summed E-state index contributed by atoms with van der Waals surface area (Å²) >= 11 is 0. The van der Waals surface area contributed by atoms with E-state index in [4.69, 9.17) is 5.11 Å². The molecule has 0 aromatic heterocycles. The van der Waals surface area contributed by atoms with Crippen molar-refractivity contribution in [3.8, 4) is 0 Å². The molecule has 0 radical (unpaired) electrons. The van der Waals surface area contributed by atoms with E-state index in [2.05, 4.69) is 5.32 Å². The summed E-state index contributed by atoms with van der Waals surface area (Å²) in [5, 5.41) is 11.9. The molecule has 2 N–H and O–H groups in total. The molecule has 18 heavy (non-hydrogen) atoms. The molecule has 0 spiro atoms. The third-order valence-electron chi connectivity index (χ3n) is 4.40. The van der Waals surface area contributed by atoms with Crippen LogP contribution in [0.25, 0.3) is 0 Å². The lowest BCUT2D eigenvalue weighted by Crippen LogP contribution is -2.45. The lowest BCUT2D eigenvalue weighted by atomic mass is 9.88. The van der Waals surface area contributed by atoms with Gasteiger partial charge in [-0.25, -0.2) is 4.79 Å². The second kappa shape index (κ2) is 5.29. The Morgan fingerprint density at radius 1 is 1.28 bits per heavy atom. The fourth-order valence-corrected chi connectivity index (χ4v) is 3.54. The van der Waals surface area contributed by atoms with Crippen LogP contribution in [-0.2, 0) is 9.59 Å². The molecule has 102 valence electrons. The fraction of sp³-hybridized carbons (Fsp3) is 0.857. The van der Waals surface area contributed by atoms with E-state index in [1.165, 1.54) is 12.8 Å². The van der Waals surface area contributed by atoms with Crippen LogP contribution in [0.1, 0.15) is 46.0 Å². The lowest BCUT2D eigenvalue weighted by molar-refractivity contribution is -0.143. The van der Waals surface area contributed by atoms with Crippen LogP contribution in [0.15, 0.2) is 0 Å². The first-order valence-corrected chi connectivity index (χ1v) is 7.00. The maximum atomic E-state index is 12.2. The van der Waals surface area contributed by atoms with Gasteiger partial charge in [0.15, 0.2) is 0 Å². The molecule has 1 amide bonds. The molecule has 2 rings (SSSR count). The molecule has 0 aromatic carbocycles. The number of amides is 1. The number of carboxylic acid groups (broad SMARTS) is 1. The molecule has 0 saturated heterocycles. The zero-order valence-electron chi connectivity index (χ0n) is 11.2. The van der Waals surface area contributed by atoms with Crippen molar-refractivity contribution in [2.75, 3.05) is 0 Å². The number of rotatable bonds is 5. The minimum atomic E-state index is -0.916. The van der Waals surface area contributed by atoms with Crippen LogP contribution >= 0.6 is 0 Å². The van der Waals surface area contributed by atoms with Gasteiger partial charge < -0.3 is 10.4 Å². The van der Waals surface area contributed by atoms with Crippen LogP contribution in [0.5, 0.6) is 0 Å². The highest BCUT2D eigenvalue weighted by Gasteiger charge is 2.43. The first-order valence-electron chi connectivity index (χ1n) is 7.00. The molecule has 2 bridgehead atoms. The highest BCUT2D eigenvalue weighted by molar-refractivity contribution is 5.85. The van der Waals surface area contributed by atoms with Crippen molar-refractivity contribution in [1.82, 2.24) is 5.32 Å². The van der Waals surface area contributed by atoms with Gasteiger partial charge in [0.05, 0.1) is 0 Å². The van der Waals surface area contributed by atoms with Gasteiger partial charge in [-0.1, -0.05) is 20.3 Å². The fourth-order valence-electron chi connectivity index (χ4n) is 3.54. The number of hydrogen-bond acceptors (Lipinski definition) is 2. The van der Waals surface area contributed by atoms with Gasteiger partial charge in [-0.3, -0.25) is 4.79 Å². The molecule has 4 nitrogen and oxygen atoms in total. The van der Waals surface area contributed by atoms with Crippen molar-refractivity contribution in [2.24, 2.45) is 23.7 Å². The predicted octanol–water partition coefficient (Wildman–Crippen LogP) is 2.04. The number of fused-ring (bicyclic) bond motifs is 2. The molecule has 2 aliphatic carbocycles. The Balaban J connectivity index is 1.91. The zero-order valence-corrected chi connectivity index (χ0v) is 11.2. The van der Waals surface area contributed by atoms with Crippen molar-refractivity contribution in [2.45, 2.75) is 52.0 Å². The quantitative estimate of drug-likeness (QED) is 0.788. The smallest absolute Gasteiger partial charge is 0.326 e. The number of carbonyl (C=O) groups excluding carboxylic acids is 1. The van der Waals surface area contributed by atoms with Crippen LogP contribution in [0.2, 0.25) is 0 Å². The Kier molecular flexibility index (Phi) is 3.93. The Labute approximate surface area is 108 Å². The predicted molar refractivity (Wildman–Crippen MR) is 68.0 cm³/mol. The normalized spacial score (nSPS) is 31.6. The highest BCUT2D eigenvalue weighted by atomic mass is 16.4. The average molecular weight is 253 g/mol. The van der Waals surface area contributed by atoms with Crippen molar-refractivity contribution in [3.05, 3.63) is 0 Å². The molecule has 4 heteroatoms. The molecule has 2 fully saturated rings. The lowest BCUT2D eigenvalue weighted by Gasteiger charge is -2.24. The first kappa shape index (κ1) is 13.4. The maximum absolute atomic E-state index is 12.2. The Morgan fingerprint density at radius 3 is 2.44 bits per heavy atom. The SMILES string of the molecule is CC(C)C[C@@H](NC(=O)C1CC2CCC1C2)C(=O)O. The standard InChI is InChI=1S/C14H23NO3/c1-8(2)5-12(14(17)18)15-13(16)11-7-9-3-4-10(11)6-9/h8-12H,3-7H2,1-2H3,(H,15,16)(H,17,18)/t9?,10?,11?,12-/m1/s1. The van der Waals surface area contributed by atoms with Crippen molar-refractivity contribution >= 4 is 11.9 Å². The average Bonchev–Trinajstić information content (AvgIpc) is 2.88. The summed E-state index contributed by atoms with van der Waals surface area (Å²) < 4.78 is 0. The molecule has 2 saturated carbocycles. The molecule has 4 atom stereocenters. The van der Waals surface area contributed by atoms with Gasteiger partial charge in [-0.2, -0.15) is 0 Å². The van der Waals surface area contributed by atoms with E-state index in [9.17, 15) is 9.59 Å². The third-order valence-corrected chi connectivity index (χ3v) is 4.40. The minimum absolute atomic E-state index is 0.0322. The molecular weight excluding hydrogens is 230 g/mol. The van der Waals surface area contributed by atoms with Crippen LogP contribution in [0, 0.1) is 23.7 Å². The van der Waals surface area contributed by atoms with Gasteiger partial charge in [0.1, 0.15) is 6.04 Å². The van der Waals surface area contributed by atoms with E-state index in [0.29, 0.717) is 18.3 Å².